The number of rotatable bonds is 5. The summed E-state index contributed by atoms with van der Waals surface area (Å²) in [5, 5.41) is 26.0. The minimum Gasteiger partial charge on any atom is -0.494 e. The van der Waals surface area contributed by atoms with Gasteiger partial charge in [-0.05, 0) is 31.0 Å². The summed E-state index contributed by atoms with van der Waals surface area (Å²) < 4.78 is 26.3. The number of benzene rings is 1. The lowest BCUT2D eigenvalue weighted by atomic mass is 10.1. The van der Waals surface area contributed by atoms with Gasteiger partial charge in [-0.15, -0.1) is 5.10 Å². The Morgan fingerprint density at radius 1 is 1.50 bits per heavy atom. The predicted molar refractivity (Wildman–Crippen MR) is 71.6 cm³/mol. The zero-order valence-electron chi connectivity index (χ0n) is 13.5. The van der Waals surface area contributed by atoms with Crippen molar-refractivity contribution in [3.8, 4) is 11.8 Å². The van der Waals surface area contributed by atoms with Crippen molar-refractivity contribution >= 4 is 16.9 Å². The van der Waals surface area contributed by atoms with Crippen LogP contribution in [0.3, 0.4) is 0 Å². The molecule has 0 saturated heterocycles. The van der Waals surface area contributed by atoms with Crippen molar-refractivity contribution in [2.45, 2.75) is 19.3 Å². The number of aromatic carboxylic acids is 1. The average molecular weight is 274 g/mol. The summed E-state index contributed by atoms with van der Waals surface area (Å²) in [5.74, 6) is -1.36. The molecule has 20 heavy (non-hydrogen) atoms. The van der Waals surface area contributed by atoms with Crippen molar-refractivity contribution < 1.29 is 18.8 Å². The fourth-order valence-electron chi connectivity index (χ4n) is 1.84. The first-order valence-corrected chi connectivity index (χ1v) is 5.90. The Hall–Kier alpha value is -2.68. The molecule has 1 N–H and O–H groups in total. The predicted octanol–water partition coefficient (Wildman–Crippen LogP) is 2.18. The number of hydrogen-bond donors (Lipinski definition) is 1. The molecule has 1 heterocycles. The van der Waals surface area contributed by atoms with E-state index in [1.54, 1.807) is 6.07 Å². The Kier molecular flexibility index (Phi) is 3.03. The smallest absolute Gasteiger partial charge is 0.335 e. The van der Waals surface area contributed by atoms with E-state index in [1.165, 1.54) is 6.07 Å². The lowest BCUT2D eigenvalue weighted by Crippen LogP contribution is -2.00. The largest absolute Gasteiger partial charge is 0.494 e. The molecule has 0 saturated carbocycles. The summed E-state index contributed by atoms with van der Waals surface area (Å²) >= 11 is 0. The van der Waals surface area contributed by atoms with Crippen LogP contribution in [0.25, 0.3) is 10.9 Å². The molecule has 0 atom stereocenters. The lowest BCUT2D eigenvalue weighted by Gasteiger charge is -2.07. The van der Waals surface area contributed by atoms with Crippen molar-refractivity contribution in [1.29, 1.82) is 5.26 Å². The normalized spacial score (nSPS) is 13.1. The first kappa shape index (κ1) is 10.1. The third-order valence-corrected chi connectivity index (χ3v) is 2.78. The summed E-state index contributed by atoms with van der Waals surface area (Å²) in [7, 11) is -2.72. The van der Waals surface area contributed by atoms with Crippen molar-refractivity contribution in [3.63, 3.8) is 0 Å². The summed E-state index contributed by atoms with van der Waals surface area (Å²) in [4.78, 5) is 11.2. The van der Waals surface area contributed by atoms with E-state index < -0.39 is 13.0 Å². The molecule has 0 bridgehead atoms. The number of nitrogens with zero attached hydrogens (tertiary/aromatic N) is 3. The van der Waals surface area contributed by atoms with Crippen LogP contribution < -0.4 is 4.74 Å². The molecule has 2 aromatic rings. The maximum Gasteiger partial charge on any atom is 0.335 e. The number of ether oxygens (including phenoxy) is 1. The molecule has 0 radical (unpaired) electrons. The average Bonchev–Trinajstić information content (AvgIpc) is 2.45. The Bertz CT molecular complexity index is 784. The highest BCUT2D eigenvalue weighted by Gasteiger charge is 2.11. The molecule has 1 aromatic heterocycles. The van der Waals surface area contributed by atoms with E-state index in [2.05, 4.69) is 10.2 Å². The highest BCUT2D eigenvalue weighted by Crippen LogP contribution is 2.26. The number of carbonyl (C=O) groups is 1. The monoisotopic (exact) mass is 274 g/mol. The number of carboxylic acid groups (broad SMARTS) is 1. The van der Waals surface area contributed by atoms with Crippen LogP contribution in [0.1, 0.15) is 33.0 Å². The van der Waals surface area contributed by atoms with Crippen molar-refractivity contribution in [3.05, 3.63) is 29.5 Å². The molecule has 2 rings (SSSR count). The van der Waals surface area contributed by atoms with Gasteiger partial charge in [0.15, 0.2) is 0 Å². The topological polar surface area (TPSA) is 96.1 Å². The second-order valence-electron chi connectivity index (χ2n) is 4.17. The van der Waals surface area contributed by atoms with Crippen LogP contribution in [0.15, 0.2) is 18.2 Å². The van der Waals surface area contributed by atoms with E-state index in [4.69, 9.17) is 19.2 Å². The Morgan fingerprint density at radius 3 is 3.05 bits per heavy atom. The fraction of sp³-hybridized carbons (Fsp3) is 0.286. The molecule has 0 unspecified atom stereocenters. The minimum atomic E-state index is -2.72. The van der Waals surface area contributed by atoms with Crippen LogP contribution in [-0.4, -0.2) is 28.3 Å². The summed E-state index contributed by atoms with van der Waals surface area (Å²) in [6.07, 6.45) is 1.50. The number of methoxy groups -OCH3 is 1. The lowest BCUT2D eigenvalue weighted by molar-refractivity contribution is 0.0696. The molecule has 6 heteroatoms. The van der Waals surface area contributed by atoms with E-state index in [0.29, 0.717) is 30.3 Å². The van der Waals surface area contributed by atoms with Crippen LogP contribution in [0.4, 0.5) is 0 Å². The summed E-state index contributed by atoms with van der Waals surface area (Å²) in [6, 6.07) is 6.14. The van der Waals surface area contributed by atoms with Gasteiger partial charge >= 0.3 is 5.97 Å². The van der Waals surface area contributed by atoms with E-state index >= 15 is 0 Å². The van der Waals surface area contributed by atoms with Gasteiger partial charge in [0.25, 0.3) is 0 Å². The van der Waals surface area contributed by atoms with Gasteiger partial charge in [0, 0.05) is 11.8 Å². The number of unbranched alkanes of at least 4 members (excludes halogenated alkanes) is 1. The number of fused-ring (bicyclic) bond motifs is 1. The van der Waals surface area contributed by atoms with Gasteiger partial charge in [-0.2, -0.15) is 10.4 Å². The first-order chi connectivity index (χ1) is 10.8. The zero-order chi connectivity index (χ0) is 17.0. The molecule has 1 aromatic carbocycles. The van der Waals surface area contributed by atoms with Gasteiger partial charge < -0.3 is 9.84 Å². The first-order valence-electron chi connectivity index (χ1n) is 7.40. The molecule has 0 aliphatic carbocycles. The van der Waals surface area contributed by atoms with Crippen LogP contribution in [0.5, 0.6) is 5.75 Å². The number of carboxylic acids is 1. The Morgan fingerprint density at radius 2 is 2.35 bits per heavy atom. The third kappa shape index (κ3) is 2.83. The van der Waals surface area contributed by atoms with Crippen LogP contribution >= 0.6 is 0 Å². The van der Waals surface area contributed by atoms with E-state index in [-0.39, 0.29) is 16.8 Å². The molecule has 0 fully saturated rings. The second kappa shape index (κ2) is 5.97. The SMILES string of the molecule is [2H]C([2H])([2H])Oc1cc(C(=O)O)cc2cc(CCCC#N)nnc12. The minimum absolute atomic E-state index is 0.104. The molecule has 0 aliphatic heterocycles. The van der Waals surface area contributed by atoms with Gasteiger partial charge in [0.05, 0.1) is 28.5 Å². The molecular formula is C14H13N3O3. The number of aromatic nitrogens is 2. The van der Waals surface area contributed by atoms with E-state index in [9.17, 15) is 4.79 Å². The van der Waals surface area contributed by atoms with Gasteiger partial charge in [0.2, 0.25) is 0 Å². The molecule has 0 aliphatic rings. The zero-order valence-corrected chi connectivity index (χ0v) is 10.5. The third-order valence-electron chi connectivity index (χ3n) is 2.78. The summed E-state index contributed by atoms with van der Waals surface area (Å²) in [6.45, 7) is 0. The van der Waals surface area contributed by atoms with E-state index in [0.717, 1.165) is 6.07 Å². The maximum atomic E-state index is 11.2. The van der Waals surface area contributed by atoms with Crippen LogP contribution in [0, 0.1) is 11.3 Å². The number of aryl methyl sites for hydroxylation is 1. The van der Waals surface area contributed by atoms with Gasteiger partial charge in [-0.1, -0.05) is 0 Å². The summed E-state index contributed by atoms with van der Waals surface area (Å²) in [5.41, 5.74) is 0.665. The van der Waals surface area contributed by atoms with Crippen LogP contribution in [-0.2, 0) is 6.42 Å². The molecular weight excluding hydrogens is 258 g/mol. The fourth-order valence-corrected chi connectivity index (χ4v) is 1.84. The van der Waals surface area contributed by atoms with E-state index in [1.807, 2.05) is 6.07 Å². The van der Waals surface area contributed by atoms with Crippen LogP contribution in [0.2, 0.25) is 0 Å². The second-order valence-corrected chi connectivity index (χ2v) is 4.17. The number of hydrogen-bond acceptors (Lipinski definition) is 5. The Balaban J connectivity index is 2.48. The van der Waals surface area contributed by atoms with Gasteiger partial charge in [0.1, 0.15) is 11.3 Å². The maximum absolute atomic E-state index is 11.2. The standard InChI is InChI=1S/C14H13N3O3/c1-20-12-8-10(14(18)19)6-9-7-11(4-2-3-5-15)16-17-13(9)12/h6-8H,2-4H2,1H3,(H,18,19)/i1D3. The van der Waals surface area contributed by atoms with Gasteiger partial charge in [-0.25, -0.2) is 4.79 Å². The molecule has 6 nitrogen and oxygen atoms in total. The molecule has 0 amide bonds. The van der Waals surface area contributed by atoms with Crippen molar-refractivity contribution in [2.75, 3.05) is 7.04 Å². The van der Waals surface area contributed by atoms with Crippen molar-refractivity contribution in [1.82, 2.24) is 10.2 Å². The number of nitriles is 1. The highest BCUT2D eigenvalue weighted by molar-refractivity contribution is 5.95. The molecule has 0 spiro atoms. The van der Waals surface area contributed by atoms with Crippen molar-refractivity contribution in [2.24, 2.45) is 0 Å². The molecule has 102 valence electrons. The Labute approximate surface area is 119 Å². The quantitative estimate of drug-likeness (QED) is 0.839. The highest BCUT2D eigenvalue weighted by atomic mass is 16.5. The van der Waals surface area contributed by atoms with Gasteiger partial charge in [-0.3, -0.25) is 0 Å².